The molecule has 1 aromatic carbocycles. The van der Waals surface area contributed by atoms with E-state index in [0.717, 1.165) is 30.0 Å². The normalized spacial score (nSPS) is 18.5. The van der Waals surface area contributed by atoms with E-state index in [0.29, 0.717) is 16.7 Å². The van der Waals surface area contributed by atoms with Crippen LogP contribution in [-0.4, -0.2) is 16.5 Å². The first-order chi connectivity index (χ1) is 9.68. The van der Waals surface area contributed by atoms with Crippen molar-refractivity contribution in [2.24, 2.45) is 0 Å². The van der Waals surface area contributed by atoms with Crippen LogP contribution in [0.1, 0.15) is 24.4 Å². The van der Waals surface area contributed by atoms with E-state index < -0.39 is 0 Å². The second kappa shape index (κ2) is 5.46. The summed E-state index contributed by atoms with van der Waals surface area (Å²) in [5, 5.41) is 1.18. The Morgan fingerprint density at radius 1 is 1.20 bits per heavy atom. The number of nitrogens with zero attached hydrogens (tertiary/aromatic N) is 3. The lowest BCUT2D eigenvalue weighted by Crippen LogP contribution is -2.24. The third-order valence-electron chi connectivity index (χ3n) is 3.59. The Kier molecular flexibility index (Phi) is 3.68. The topological polar surface area (TPSA) is 55.0 Å². The SMILES string of the molecule is Nc1ncnc(N2CCCC2c2ccccc2Cl)c1Cl. The first-order valence-corrected chi connectivity index (χ1v) is 7.21. The molecule has 0 bridgehead atoms. The van der Waals surface area contributed by atoms with Gasteiger partial charge in [0.25, 0.3) is 0 Å². The van der Waals surface area contributed by atoms with Crippen LogP contribution in [0.25, 0.3) is 0 Å². The zero-order chi connectivity index (χ0) is 14.1. The van der Waals surface area contributed by atoms with Crippen LogP contribution >= 0.6 is 23.2 Å². The molecule has 20 heavy (non-hydrogen) atoms. The predicted molar refractivity (Wildman–Crippen MR) is 82.2 cm³/mol. The van der Waals surface area contributed by atoms with Gasteiger partial charge in [-0.15, -0.1) is 0 Å². The van der Waals surface area contributed by atoms with Crippen molar-refractivity contribution in [2.75, 3.05) is 17.2 Å². The van der Waals surface area contributed by atoms with Crippen LogP contribution in [0.5, 0.6) is 0 Å². The quantitative estimate of drug-likeness (QED) is 0.919. The number of hydrogen-bond donors (Lipinski definition) is 1. The zero-order valence-corrected chi connectivity index (χ0v) is 12.3. The third kappa shape index (κ3) is 2.30. The van der Waals surface area contributed by atoms with Crippen molar-refractivity contribution in [3.8, 4) is 0 Å². The van der Waals surface area contributed by atoms with Crippen molar-refractivity contribution < 1.29 is 0 Å². The van der Waals surface area contributed by atoms with Gasteiger partial charge in [-0.3, -0.25) is 0 Å². The molecule has 2 heterocycles. The van der Waals surface area contributed by atoms with Crippen LogP contribution in [0.3, 0.4) is 0 Å². The van der Waals surface area contributed by atoms with Crippen molar-refractivity contribution in [3.05, 3.63) is 46.2 Å². The summed E-state index contributed by atoms with van der Waals surface area (Å²) in [6.07, 6.45) is 3.53. The molecule has 2 N–H and O–H groups in total. The fourth-order valence-corrected chi connectivity index (χ4v) is 3.13. The number of aromatic nitrogens is 2. The van der Waals surface area contributed by atoms with Crippen LogP contribution in [0.2, 0.25) is 10.0 Å². The van der Waals surface area contributed by atoms with E-state index in [1.807, 2.05) is 24.3 Å². The molecule has 2 aromatic rings. The van der Waals surface area contributed by atoms with Crippen LogP contribution < -0.4 is 10.6 Å². The molecule has 3 rings (SSSR count). The maximum Gasteiger partial charge on any atom is 0.153 e. The van der Waals surface area contributed by atoms with Crippen molar-refractivity contribution in [2.45, 2.75) is 18.9 Å². The molecule has 104 valence electrons. The minimum Gasteiger partial charge on any atom is -0.382 e. The lowest BCUT2D eigenvalue weighted by atomic mass is 10.0. The molecule has 0 amide bonds. The number of benzene rings is 1. The van der Waals surface area contributed by atoms with E-state index in [-0.39, 0.29) is 6.04 Å². The molecular weight excluding hydrogens is 295 g/mol. The minimum absolute atomic E-state index is 0.176. The van der Waals surface area contributed by atoms with E-state index in [2.05, 4.69) is 14.9 Å². The van der Waals surface area contributed by atoms with Crippen LogP contribution in [0, 0.1) is 0 Å². The average Bonchev–Trinajstić information content (AvgIpc) is 2.91. The lowest BCUT2D eigenvalue weighted by molar-refractivity contribution is 0.711. The van der Waals surface area contributed by atoms with E-state index in [4.69, 9.17) is 28.9 Å². The molecule has 1 atom stereocenters. The summed E-state index contributed by atoms with van der Waals surface area (Å²) in [6, 6.07) is 8.05. The molecule has 1 fully saturated rings. The molecule has 0 aliphatic carbocycles. The highest BCUT2D eigenvalue weighted by molar-refractivity contribution is 6.35. The number of rotatable bonds is 2. The van der Waals surface area contributed by atoms with Crippen molar-refractivity contribution >= 4 is 34.8 Å². The van der Waals surface area contributed by atoms with Gasteiger partial charge >= 0.3 is 0 Å². The van der Waals surface area contributed by atoms with Gasteiger partial charge in [0, 0.05) is 11.6 Å². The average molecular weight is 309 g/mol. The number of nitrogen functional groups attached to an aromatic ring is 1. The van der Waals surface area contributed by atoms with E-state index in [9.17, 15) is 0 Å². The molecule has 1 saturated heterocycles. The summed E-state index contributed by atoms with van der Waals surface area (Å²) in [5.41, 5.74) is 6.86. The van der Waals surface area contributed by atoms with Gasteiger partial charge in [-0.2, -0.15) is 0 Å². The minimum atomic E-state index is 0.176. The fourth-order valence-electron chi connectivity index (χ4n) is 2.66. The molecule has 0 radical (unpaired) electrons. The lowest BCUT2D eigenvalue weighted by Gasteiger charge is -2.27. The van der Waals surface area contributed by atoms with Crippen molar-refractivity contribution in [3.63, 3.8) is 0 Å². The number of nitrogens with two attached hydrogens (primary N) is 1. The summed E-state index contributed by atoms with van der Waals surface area (Å²) in [7, 11) is 0. The van der Waals surface area contributed by atoms with Crippen LogP contribution in [0.4, 0.5) is 11.6 Å². The first-order valence-electron chi connectivity index (χ1n) is 6.45. The summed E-state index contributed by atoms with van der Waals surface area (Å²) >= 11 is 12.6. The van der Waals surface area contributed by atoms with Gasteiger partial charge in [0.05, 0.1) is 6.04 Å². The van der Waals surface area contributed by atoms with Crippen LogP contribution in [0.15, 0.2) is 30.6 Å². The van der Waals surface area contributed by atoms with Gasteiger partial charge in [-0.25, -0.2) is 9.97 Å². The number of halogens is 2. The summed E-state index contributed by atoms with van der Waals surface area (Å²) < 4.78 is 0. The Bertz CT molecular complexity index is 632. The van der Waals surface area contributed by atoms with E-state index in [1.54, 1.807) is 0 Å². The maximum absolute atomic E-state index is 6.31. The van der Waals surface area contributed by atoms with Gasteiger partial charge in [-0.1, -0.05) is 41.4 Å². The van der Waals surface area contributed by atoms with Gasteiger partial charge < -0.3 is 10.6 Å². The maximum atomic E-state index is 6.31. The smallest absolute Gasteiger partial charge is 0.153 e. The Balaban J connectivity index is 2.01. The van der Waals surface area contributed by atoms with Gasteiger partial charge in [0.1, 0.15) is 17.2 Å². The monoisotopic (exact) mass is 308 g/mol. The summed E-state index contributed by atoms with van der Waals surface area (Å²) in [5.74, 6) is 0.989. The van der Waals surface area contributed by atoms with Gasteiger partial charge in [-0.05, 0) is 24.5 Å². The second-order valence-corrected chi connectivity index (χ2v) is 5.55. The fraction of sp³-hybridized carbons (Fsp3) is 0.286. The highest BCUT2D eigenvalue weighted by Gasteiger charge is 2.30. The number of anilines is 2. The molecule has 0 saturated carbocycles. The molecule has 1 aromatic heterocycles. The zero-order valence-electron chi connectivity index (χ0n) is 10.8. The van der Waals surface area contributed by atoms with E-state index >= 15 is 0 Å². The molecule has 0 spiro atoms. The highest BCUT2D eigenvalue weighted by atomic mass is 35.5. The second-order valence-electron chi connectivity index (χ2n) is 4.77. The predicted octanol–water partition coefficient (Wildman–Crippen LogP) is 3.71. The molecule has 1 aliphatic rings. The summed E-state index contributed by atoms with van der Waals surface area (Å²) in [6.45, 7) is 0.881. The highest BCUT2D eigenvalue weighted by Crippen LogP contribution is 2.41. The summed E-state index contributed by atoms with van der Waals surface area (Å²) in [4.78, 5) is 10.3. The third-order valence-corrected chi connectivity index (χ3v) is 4.29. The van der Waals surface area contributed by atoms with Gasteiger partial charge in [0.15, 0.2) is 5.82 Å². The molecule has 4 nitrogen and oxygen atoms in total. The first kappa shape index (κ1) is 13.5. The van der Waals surface area contributed by atoms with E-state index in [1.165, 1.54) is 6.33 Å². The Morgan fingerprint density at radius 2 is 2.00 bits per heavy atom. The largest absolute Gasteiger partial charge is 0.382 e. The Hall–Kier alpha value is -1.52. The van der Waals surface area contributed by atoms with Crippen molar-refractivity contribution in [1.29, 1.82) is 0 Å². The van der Waals surface area contributed by atoms with Gasteiger partial charge in [0.2, 0.25) is 0 Å². The molecule has 1 aliphatic heterocycles. The van der Waals surface area contributed by atoms with Crippen LogP contribution in [-0.2, 0) is 0 Å². The Labute approximate surface area is 127 Å². The van der Waals surface area contributed by atoms with Crippen molar-refractivity contribution in [1.82, 2.24) is 9.97 Å². The Morgan fingerprint density at radius 3 is 2.80 bits per heavy atom. The molecule has 6 heteroatoms. The molecule has 1 unspecified atom stereocenters. The molecular formula is C14H14Cl2N4. The standard InChI is InChI=1S/C14H14Cl2N4/c15-10-5-2-1-4-9(10)11-6-3-7-20(11)14-12(16)13(17)18-8-19-14/h1-2,4-5,8,11H,3,6-7H2,(H2,17,18,19). The number of hydrogen-bond acceptors (Lipinski definition) is 4.